The minimum Gasteiger partial charge on any atom is -0.393 e. The lowest BCUT2D eigenvalue weighted by Crippen LogP contribution is -2.12. The quantitative estimate of drug-likeness (QED) is 0.391. The number of amides is 1. The van der Waals surface area contributed by atoms with Crippen molar-refractivity contribution in [3.05, 3.63) is 57.4 Å². The molecule has 1 aromatic heterocycles. The number of hydrogen-bond donors (Lipinski definition) is 2. The second-order valence-electron chi connectivity index (χ2n) is 3.85. The van der Waals surface area contributed by atoms with Crippen LogP contribution in [0.15, 0.2) is 36.5 Å². The highest BCUT2D eigenvalue weighted by atomic mass is 35.5. The van der Waals surface area contributed by atoms with Crippen molar-refractivity contribution in [3.63, 3.8) is 0 Å². The van der Waals surface area contributed by atoms with Gasteiger partial charge in [0.25, 0.3) is 11.6 Å². The van der Waals surface area contributed by atoms with Crippen LogP contribution in [-0.4, -0.2) is 15.8 Å². The molecule has 0 aliphatic heterocycles. The number of anilines is 2. The normalized spacial score (nSPS) is 10.1. The van der Waals surface area contributed by atoms with E-state index in [0.29, 0.717) is 0 Å². The maximum Gasteiger partial charge on any atom is 0.294 e. The standard InChI is InChI=1S/C12H9ClN4O3/c13-11-4-1-7(6-15-11)12(18)16-8-2-3-9(14)10(5-8)17(19)20/h1-6H,14H2,(H,16,18). The van der Waals surface area contributed by atoms with Gasteiger partial charge in [-0.25, -0.2) is 4.98 Å². The van der Waals surface area contributed by atoms with Gasteiger partial charge in [0.05, 0.1) is 10.5 Å². The molecule has 0 radical (unpaired) electrons. The summed E-state index contributed by atoms with van der Waals surface area (Å²) >= 11 is 5.62. The molecule has 2 aromatic rings. The highest BCUT2D eigenvalue weighted by Crippen LogP contribution is 2.25. The summed E-state index contributed by atoms with van der Waals surface area (Å²) in [4.78, 5) is 25.8. The molecule has 20 heavy (non-hydrogen) atoms. The van der Waals surface area contributed by atoms with Crippen LogP contribution in [0.1, 0.15) is 10.4 Å². The van der Waals surface area contributed by atoms with Crippen molar-refractivity contribution >= 4 is 34.6 Å². The number of nitro benzene ring substituents is 1. The van der Waals surface area contributed by atoms with Gasteiger partial charge in [0.15, 0.2) is 0 Å². The molecule has 0 saturated carbocycles. The van der Waals surface area contributed by atoms with Gasteiger partial charge < -0.3 is 11.1 Å². The molecule has 3 N–H and O–H groups in total. The van der Waals surface area contributed by atoms with Crippen molar-refractivity contribution in [3.8, 4) is 0 Å². The van der Waals surface area contributed by atoms with E-state index in [-0.39, 0.29) is 27.8 Å². The minimum absolute atomic E-state index is 0.0289. The highest BCUT2D eigenvalue weighted by molar-refractivity contribution is 6.29. The monoisotopic (exact) mass is 292 g/mol. The molecule has 0 bridgehead atoms. The largest absolute Gasteiger partial charge is 0.393 e. The number of carbonyl (C=O) groups is 1. The number of hydrogen-bond acceptors (Lipinski definition) is 5. The summed E-state index contributed by atoms with van der Waals surface area (Å²) < 4.78 is 0. The summed E-state index contributed by atoms with van der Waals surface area (Å²) in [6, 6.07) is 6.99. The average Bonchev–Trinajstić information content (AvgIpc) is 2.41. The molecule has 0 unspecified atom stereocenters. The van der Waals surface area contributed by atoms with Crippen LogP contribution in [0.2, 0.25) is 5.15 Å². The number of carbonyl (C=O) groups excluding carboxylic acids is 1. The van der Waals surface area contributed by atoms with Crippen molar-refractivity contribution in [2.75, 3.05) is 11.1 Å². The Morgan fingerprint density at radius 2 is 2.10 bits per heavy atom. The van der Waals surface area contributed by atoms with Gasteiger partial charge in [0.1, 0.15) is 10.8 Å². The Kier molecular flexibility index (Phi) is 3.81. The summed E-state index contributed by atoms with van der Waals surface area (Å²) in [6.45, 7) is 0. The summed E-state index contributed by atoms with van der Waals surface area (Å²) in [5.41, 5.74) is 5.79. The van der Waals surface area contributed by atoms with E-state index in [1.54, 1.807) is 0 Å². The van der Waals surface area contributed by atoms with Crippen molar-refractivity contribution in [2.24, 2.45) is 0 Å². The zero-order valence-electron chi connectivity index (χ0n) is 10.0. The van der Waals surface area contributed by atoms with Crippen molar-refractivity contribution in [1.82, 2.24) is 4.98 Å². The van der Waals surface area contributed by atoms with Gasteiger partial charge in [-0.1, -0.05) is 11.6 Å². The zero-order chi connectivity index (χ0) is 14.7. The zero-order valence-corrected chi connectivity index (χ0v) is 10.8. The Bertz CT molecular complexity index is 673. The molecular formula is C12H9ClN4O3. The lowest BCUT2D eigenvalue weighted by molar-refractivity contribution is -0.383. The number of nitrogens with two attached hydrogens (primary N) is 1. The van der Waals surface area contributed by atoms with Gasteiger partial charge in [0, 0.05) is 18.0 Å². The molecular weight excluding hydrogens is 284 g/mol. The molecule has 0 fully saturated rings. The van der Waals surface area contributed by atoms with Crippen LogP contribution >= 0.6 is 11.6 Å². The van der Waals surface area contributed by atoms with Gasteiger partial charge in [-0.2, -0.15) is 0 Å². The molecule has 0 atom stereocenters. The third-order valence-corrected chi connectivity index (χ3v) is 2.70. The molecule has 1 amide bonds. The van der Waals surface area contributed by atoms with E-state index in [2.05, 4.69) is 10.3 Å². The number of benzene rings is 1. The topological polar surface area (TPSA) is 111 Å². The molecule has 0 aliphatic rings. The molecule has 1 aromatic carbocycles. The molecule has 0 aliphatic carbocycles. The summed E-state index contributed by atoms with van der Waals surface area (Å²) in [5.74, 6) is -0.451. The fraction of sp³-hybridized carbons (Fsp3) is 0. The summed E-state index contributed by atoms with van der Waals surface area (Å²) in [7, 11) is 0. The van der Waals surface area contributed by atoms with E-state index in [1.807, 2.05) is 0 Å². The molecule has 8 heteroatoms. The van der Waals surface area contributed by atoms with E-state index in [1.165, 1.54) is 36.5 Å². The van der Waals surface area contributed by atoms with E-state index in [9.17, 15) is 14.9 Å². The van der Waals surface area contributed by atoms with Crippen LogP contribution in [0.5, 0.6) is 0 Å². The number of nitrogens with one attached hydrogen (secondary N) is 1. The van der Waals surface area contributed by atoms with Gasteiger partial charge in [-0.15, -0.1) is 0 Å². The number of nitro groups is 1. The van der Waals surface area contributed by atoms with Gasteiger partial charge in [-0.05, 0) is 24.3 Å². The predicted octanol–water partition coefficient (Wildman–Crippen LogP) is 2.48. The van der Waals surface area contributed by atoms with Gasteiger partial charge in [-0.3, -0.25) is 14.9 Å². The van der Waals surface area contributed by atoms with Crippen molar-refractivity contribution < 1.29 is 9.72 Å². The fourth-order valence-electron chi connectivity index (χ4n) is 1.49. The van der Waals surface area contributed by atoms with E-state index >= 15 is 0 Å². The lowest BCUT2D eigenvalue weighted by atomic mass is 10.2. The van der Waals surface area contributed by atoms with Crippen LogP contribution in [0.3, 0.4) is 0 Å². The van der Waals surface area contributed by atoms with E-state index < -0.39 is 10.8 Å². The Labute approximate surface area is 118 Å². The molecule has 7 nitrogen and oxygen atoms in total. The second-order valence-corrected chi connectivity index (χ2v) is 4.24. The number of aromatic nitrogens is 1. The molecule has 0 saturated heterocycles. The summed E-state index contributed by atoms with van der Waals surface area (Å²) in [5, 5.41) is 13.5. The maximum absolute atomic E-state index is 11.9. The predicted molar refractivity (Wildman–Crippen MR) is 74.7 cm³/mol. The smallest absolute Gasteiger partial charge is 0.294 e. The first-order valence-electron chi connectivity index (χ1n) is 5.44. The Hall–Kier alpha value is -2.67. The third-order valence-electron chi connectivity index (χ3n) is 2.47. The molecule has 102 valence electrons. The first kappa shape index (κ1) is 13.8. The Morgan fingerprint density at radius 1 is 1.35 bits per heavy atom. The van der Waals surface area contributed by atoms with Crippen molar-refractivity contribution in [2.45, 2.75) is 0 Å². The molecule has 2 rings (SSSR count). The van der Waals surface area contributed by atoms with Crippen LogP contribution in [0.4, 0.5) is 17.1 Å². The number of nitrogens with zero attached hydrogens (tertiary/aromatic N) is 2. The van der Waals surface area contributed by atoms with E-state index in [0.717, 1.165) is 0 Å². The number of rotatable bonds is 3. The number of halogens is 1. The van der Waals surface area contributed by atoms with Crippen molar-refractivity contribution in [1.29, 1.82) is 0 Å². The fourth-order valence-corrected chi connectivity index (χ4v) is 1.60. The summed E-state index contributed by atoms with van der Waals surface area (Å²) in [6.07, 6.45) is 1.31. The van der Waals surface area contributed by atoms with Crippen LogP contribution in [-0.2, 0) is 0 Å². The Morgan fingerprint density at radius 3 is 2.70 bits per heavy atom. The van der Waals surface area contributed by atoms with Crippen LogP contribution < -0.4 is 11.1 Å². The highest BCUT2D eigenvalue weighted by Gasteiger charge is 2.14. The maximum atomic E-state index is 11.9. The van der Waals surface area contributed by atoms with Gasteiger partial charge in [0.2, 0.25) is 0 Å². The SMILES string of the molecule is Nc1ccc(NC(=O)c2ccc(Cl)nc2)cc1[N+](=O)[O-]. The first-order chi connectivity index (χ1) is 9.47. The Balaban J connectivity index is 2.21. The average molecular weight is 293 g/mol. The minimum atomic E-state index is -0.616. The third kappa shape index (κ3) is 3.01. The first-order valence-corrected chi connectivity index (χ1v) is 5.82. The lowest BCUT2D eigenvalue weighted by Gasteiger charge is -2.06. The molecule has 1 heterocycles. The number of pyridine rings is 1. The second kappa shape index (κ2) is 5.54. The van der Waals surface area contributed by atoms with E-state index in [4.69, 9.17) is 17.3 Å². The van der Waals surface area contributed by atoms with Gasteiger partial charge >= 0.3 is 0 Å². The van der Waals surface area contributed by atoms with Crippen LogP contribution in [0, 0.1) is 10.1 Å². The van der Waals surface area contributed by atoms with Crippen LogP contribution in [0.25, 0.3) is 0 Å². The molecule has 0 spiro atoms. The number of nitrogen functional groups attached to an aromatic ring is 1.